The summed E-state index contributed by atoms with van der Waals surface area (Å²) in [6.07, 6.45) is 0. The van der Waals surface area contributed by atoms with Crippen molar-refractivity contribution in [1.29, 1.82) is 0 Å². The molecule has 0 fully saturated rings. The molecule has 2 rings (SSSR count). The molecule has 17 heavy (non-hydrogen) atoms. The second-order valence-electron chi connectivity index (χ2n) is 3.58. The minimum absolute atomic E-state index is 0.343. The molecule has 2 aromatic rings. The van der Waals surface area contributed by atoms with Gasteiger partial charge in [-0.05, 0) is 25.1 Å². The van der Waals surface area contributed by atoms with E-state index in [1.165, 1.54) is 4.68 Å². The summed E-state index contributed by atoms with van der Waals surface area (Å²) in [5.41, 5.74) is 1.19. The van der Waals surface area contributed by atoms with Crippen LogP contribution in [0.1, 0.15) is 17.4 Å². The second kappa shape index (κ2) is 4.45. The van der Waals surface area contributed by atoms with E-state index in [4.69, 9.17) is 9.47 Å². The van der Waals surface area contributed by atoms with Gasteiger partial charge in [0.1, 0.15) is 5.75 Å². The number of benzene rings is 1. The molecule has 0 saturated carbocycles. The Hall–Kier alpha value is -2.04. The Morgan fingerprint density at radius 1 is 1.47 bits per heavy atom. The topological polar surface area (TPSA) is 53.4 Å². The van der Waals surface area contributed by atoms with Crippen molar-refractivity contribution in [3.05, 3.63) is 23.9 Å². The molecule has 0 radical (unpaired) electrons. The van der Waals surface area contributed by atoms with Crippen LogP contribution in [0.5, 0.6) is 5.75 Å². The van der Waals surface area contributed by atoms with Crippen LogP contribution in [0.4, 0.5) is 0 Å². The van der Waals surface area contributed by atoms with E-state index >= 15 is 0 Å². The van der Waals surface area contributed by atoms with Crippen LogP contribution in [-0.2, 0) is 11.8 Å². The average Bonchev–Trinajstić information content (AvgIpc) is 2.64. The van der Waals surface area contributed by atoms with Gasteiger partial charge in [-0.25, -0.2) is 4.79 Å². The minimum atomic E-state index is -0.370. The van der Waals surface area contributed by atoms with Crippen LogP contribution in [0, 0.1) is 0 Å². The predicted octanol–water partition coefficient (Wildman–Crippen LogP) is 1.76. The number of nitrogens with zero attached hydrogens (tertiary/aromatic N) is 2. The molecule has 0 aliphatic carbocycles. The molecule has 0 aliphatic heterocycles. The third-order valence-corrected chi connectivity index (χ3v) is 2.51. The van der Waals surface area contributed by atoms with Crippen molar-refractivity contribution in [3.8, 4) is 5.75 Å². The summed E-state index contributed by atoms with van der Waals surface area (Å²) in [7, 11) is 3.31. The summed E-state index contributed by atoms with van der Waals surface area (Å²) >= 11 is 0. The van der Waals surface area contributed by atoms with E-state index in [1.807, 2.05) is 12.1 Å². The smallest absolute Gasteiger partial charge is 0.357 e. The van der Waals surface area contributed by atoms with Crippen molar-refractivity contribution in [1.82, 2.24) is 9.78 Å². The summed E-state index contributed by atoms with van der Waals surface area (Å²) in [4.78, 5) is 11.8. The number of methoxy groups -OCH3 is 1. The Labute approximate surface area is 98.9 Å². The van der Waals surface area contributed by atoms with Crippen molar-refractivity contribution in [2.45, 2.75) is 6.92 Å². The third-order valence-electron chi connectivity index (χ3n) is 2.51. The summed E-state index contributed by atoms with van der Waals surface area (Å²) in [5.74, 6) is 0.321. The number of aryl methyl sites for hydroxylation is 1. The van der Waals surface area contributed by atoms with Gasteiger partial charge in [-0.15, -0.1) is 0 Å². The molecule has 0 unspecified atom stereocenters. The van der Waals surface area contributed by atoms with Crippen LogP contribution in [0.2, 0.25) is 0 Å². The van der Waals surface area contributed by atoms with Crippen molar-refractivity contribution in [2.75, 3.05) is 13.7 Å². The molecule has 90 valence electrons. The van der Waals surface area contributed by atoms with Crippen molar-refractivity contribution >= 4 is 16.9 Å². The molecule has 1 heterocycles. The highest BCUT2D eigenvalue weighted by molar-refractivity contribution is 6.02. The first-order valence-electron chi connectivity index (χ1n) is 5.35. The molecule has 5 nitrogen and oxygen atoms in total. The van der Waals surface area contributed by atoms with Gasteiger partial charge in [0.2, 0.25) is 0 Å². The minimum Gasteiger partial charge on any atom is -0.497 e. The number of esters is 1. The normalized spacial score (nSPS) is 10.5. The number of carbonyl (C=O) groups excluding carboxylic acids is 1. The SMILES string of the molecule is CCOC(=O)c1c2cc(OC)ccc2nn1C. The standard InChI is InChI=1S/C12H14N2O3/c1-4-17-12(15)11-9-7-8(16-3)5-6-10(9)13-14(11)2/h5-7H,4H2,1-3H3. The molecule has 0 N–H and O–H groups in total. The maximum atomic E-state index is 11.8. The van der Waals surface area contributed by atoms with E-state index in [-0.39, 0.29) is 5.97 Å². The maximum absolute atomic E-state index is 11.8. The average molecular weight is 234 g/mol. The fraction of sp³-hybridized carbons (Fsp3) is 0.333. The Kier molecular flexibility index (Phi) is 2.99. The summed E-state index contributed by atoms with van der Waals surface area (Å²) in [5, 5.41) is 4.99. The monoisotopic (exact) mass is 234 g/mol. The van der Waals surface area contributed by atoms with Gasteiger partial charge >= 0.3 is 5.97 Å². The van der Waals surface area contributed by atoms with Crippen molar-refractivity contribution in [2.24, 2.45) is 7.05 Å². The number of hydrogen-bond acceptors (Lipinski definition) is 4. The maximum Gasteiger partial charge on any atom is 0.357 e. The van der Waals surface area contributed by atoms with Crippen molar-refractivity contribution in [3.63, 3.8) is 0 Å². The third kappa shape index (κ3) is 1.95. The number of aromatic nitrogens is 2. The van der Waals surface area contributed by atoms with Gasteiger partial charge in [0.05, 0.1) is 19.2 Å². The largest absolute Gasteiger partial charge is 0.497 e. The first-order valence-corrected chi connectivity index (χ1v) is 5.35. The second-order valence-corrected chi connectivity index (χ2v) is 3.58. The van der Waals surface area contributed by atoms with E-state index in [1.54, 1.807) is 27.1 Å². The van der Waals surface area contributed by atoms with Gasteiger partial charge in [0, 0.05) is 12.4 Å². The quantitative estimate of drug-likeness (QED) is 0.759. The molecular formula is C12H14N2O3. The zero-order valence-corrected chi connectivity index (χ0v) is 10.1. The van der Waals surface area contributed by atoms with Crippen LogP contribution in [0.15, 0.2) is 18.2 Å². The fourth-order valence-corrected chi connectivity index (χ4v) is 1.75. The molecule has 0 amide bonds. The van der Waals surface area contributed by atoms with Gasteiger partial charge in [-0.2, -0.15) is 5.10 Å². The van der Waals surface area contributed by atoms with Crippen LogP contribution >= 0.6 is 0 Å². The first-order chi connectivity index (χ1) is 8.17. The summed E-state index contributed by atoms with van der Waals surface area (Å²) < 4.78 is 11.7. The van der Waals surface area contributed by atoms with Crippen LogP contribution in [-0.4, -0.2) is 29.5 Å². The lowest BCUT2D eigenvalue weighted by Gasteiger charge is -2.03. The Balaban J connectivity index is 2.60. The zero-order chi connectivity index (χ0) is 12.4. The fourth-order valence-electron chi connectivity index (χ4n) is 1.75. The molecule has 0 saturated heterocycles. The molecule has 0 spiro atoms. The molecule has 1 aromatic carbocycles. The molecule has 5 heteroatoms. The Morgan fingerprint density at radius 3 is 2.88 bits per heavy atom. The van der Waals surface area contributed by atoms with Crippen LogP contribution < -0.4 is 4.74 Å². The van der Waals surface area contributed by atoms with E-state index in [9.17, 15) is 4.79 Å². The molecule has 1 aromatic heterocycles. The highest BCUT2D eigenvalue weighted by Gasteiger charge is 2.17. The highest BCUT2D eigenvalue weighted by atomic mass is 16.5. The van der Waals surface area contributed by atoms with E-state index in [2.05, 4.69) is 5.10 Å². The molecule has 0 bridgehead atoms. The molecule has 0 aliphatic rings. The van der Waals surface area contributed by atoms with Gasteiger partial charge in [0.25, 0.3) is 0 Å². The lowest BCUT2D eigenvalue weighted by atomic mass is 10.2. The van der Waals surface area contributed by atoms with Gasteiger partial charge in [0.15, 0.2) is 5.69 Å². The van der Waals surface area contributed by atoms with Gasteiger partial charge in [-0.1, -0.05) is 0 Å². The zero-order valence-electron chi connectivity index (χ0n) is 10.1. The molecular weight excluding hydrogens is 220 g/mol. The highest BCUT2D eigenvalue weighted by Crippen LogP contribution is 2.23. The van der Waals surface area contributed by atoms with Gasteiger partial charge < -0.3 is 9.47 Å². The summed E-state index contributed by atoms with van der Waals surface area (Å²) in [6, 6.07) is 5.41. The predicted molar refractivity (Wildman–Crippen MR) is 63.2 cm³/mol. The Morgan fingerprint density at radius 2 is 2.24 bits per heavy atom. The van der Waals surface area contributed by atoms with E-state index in [0.29, 0.717) is 18.1 Å². The summed E-state index contributed by atoms with van der Waals surface area (Å²) in [6.45, 7) is 2.12. The number of rotatable bonds is 3. The van der Waals surface area contributed by atoms with Gasteiger partial charge in [-0.3, -0.25) is 4.68 Å². The van der Waals surface area contributed by atoms with E-state index < -0.39 is 0 Å². The molecule has 0 atom stereocenters. The van der Waals surface area contributed by atoms with Crippen molar-refractivity contribution < 1.29 is 14.3 Å². The first kappa shape index (κ1) is 11.4. The number of carbonyl (C=O) groups is 1. The van der Waals surface area contributed by atoms with Crippen LogP contribution in [0.25, 0.3) is 10.9 Å². The number of ether oxygens (including phenoxy) is 2. The number of fused-ring (bicyclic) bond motifs is 1. The lowest BCUT2D eigenvalue weighted by molar-refractivity contribution is 0.0516. The lowest BCUT2D eigenvalue weighted by Crippen LogP contribution is -2.10. The Bertz CT molecular complexity index is 560. The van der Waals surface area contributed by atoms with E-state index in [0.717, 1.165) is 10.9 Å². The van der Waals surface area contributed by atoms with Crippen LogP contribution in [0.3, 0.4) is 0 Å². The number of hydrogen-bond donors (Lipinski definition) is 0.